The van der Waals surface area contributed by atoms with E-state index in [9.17, 15) is 0 Å². The van der Waals surface area contributed by atoms with Crippen LogP contribution in [0.2, 0.25) is 0 Å². The third-order valence-corrected chi connectivity index (χ3v) is 4.77. The Morgan fingerprint density at radius 2 is 1.87 bits per heavy atom. The lowest BCUT2D eigenvalue weighted by Crippen LogP contribution is -2.38. The van der Waals surface area contributed by atoms with Crippen LogP contribution in [0.4, 0.5) is 0 Å². The summed E-state index contributed by atoms with van der Waals surface area (Å²) in [5.41, 5.74) is 4.45. The first-order valence-electron chi connectivity index (χ1n) is 9.94. The van der Waals surface area contributed by atoms with Crippen LogP contribution in [0.15, 0.2) is 84.2 Å². The molecule has 4 rings (SSSR count). The summed E-state index contributed by atoms with van der Waals surface area (Å²) in [4.78, 5) is 12.1. The fraction of sp³-hybridized carbons (Fsp3) is 0.174. The standard InChI is InChI=1S/C23H25N7/c1-24-23(27-17-22-26-16-21(29-22)19-6-3-2-4-7-19)25-14-12-18-8-10-20(11-9-18)30-15-5-13-28-30/h2-11,13,15-16H,12,14,17H2,1H3,(H,26,29)(H2,24,25,27). The number of benzene rings is 2. The van der Waals surface area contributed by atoms with E-state index in [-0.39, 0.29) is 0 Å². The second-order valence-electron chi connectivity index (χ2n) is 6.83. The molecule has 7 nitrogen and oxygen atoms in total. The summed E-state index contributed by atoms with van der Waals surface area (Å²) in [5, 5.41) is 10.9. The average Bonchev–Trinajstić information content (AvgIpc) is 3.50. The molecule has 0 bridgehead atoms. The lowest BCUT2D eigenvalue weighted by molar-refractivity contribution is 0.773. The van der Waals surface area contributed by atoms with Gasteiger partial charge >= 0.3 is 0 Å². The summed E-state index contributed by atoms with van der Waals surface area (Å²) in [6.07, 6.45) is 6.48. The van der Waals surface area contributed by atoms with Crippen molar-refractivity contribution in [2.75, 3.05) is 13.6 Å². The Morgan fingerprint density at radius 1 is 1.03 bits per heavy atom. The van der Waals surface area contributed by atoms with Gasteiger partial charge in [0.15, 0.2) is 5.96 Å². The summed E-state index contributed by atoms with van der Waals surface area (Å²) < 4.78 is 1.85. The minimum Gasteiger partial charge on any atom is -0.356 e. The van der Waals surface area contributed by atoms with E-state index in [1.165, 1.54) is 5.56 Å². The molecule has 0 aliphatic heterocycles. The van der Waals surface area contributed by atoms with Crippen LogP contribution in [0.3, 0.4) is 0 Å². The Kier molecular flexibility index (Phi) is 6.19. The Balaban J connectivity index is 1.24. The molecule has 152 valence electrons. The van der Waals surface area contributed by atoms with Crippen molar-refractivity contribution in [2.45, 2.75) is 13.0 Å². The van der Waals surface area contributed by atoms with Crippen LogP contribution in [-0.2, 0) is 13.0 Å². The number of aliphatic imine (C=N–C) groups is 1. The second kappa shape index (κ2) is 9.56. The zero-order valence-corrected chi connectivity index (χ0v) is 16.9. The Hall–Kier alpha value is -3.87. The van der Waals surface area contributed by atoms with Crippen LogP contribution >= 0.6 is 0 Å². The smallest absolute Gasteiger partial charge is 0.191 e. The van der Waals surface area contributed by atoms with Crippen molar-refractivity contribution in [2.24, 2.45) is 4.99 Å². The first-order valence-corrected chi connectivity index (χ1v) is 9.94. The summed E-state index contributed by atoms with van der Waals surface area (Å²) in [5.74, 6) is 1.62. The highest BCUT2D eigenvalue weighted by atomic mass is 15.3. The van der Waals surface area contributed by atoms with Crippen molar-refractivity contribution >= 4 is 5.96 Å². The topological polar surface area (TPSA) is 82.9 Å². The third-order valence-electron chi connectivity index (χ3n) is 4.77. The Labute approximate surface area is 175 Å². The van der Waals surface area contributed by atoms with E-state index in [2.05, 4.69) is 67.1 Å². The summed E-state index contributed by atoms with van der Waals surface area (Å²) >= 11 is 0. The van der Waals surface area contributed by atoms with Crippen molar-refractivity contribution in [1.29, 1.82) is 0 Å². The predicted molar refractivity (Wildman–Crippen MR) is 119 cm³/mol. The van der Waals surface area contributed by atoms with Crippen molar-refractivity contribution in [3.05, 3.63) is 90.6 Å². The minimum atomic E-state index is 0.574. The van der Waals surface area contributed by atoms with Crippen molar-refractivity contribution in [1.82, 2.24) is 30.4 Å². The number of imidazole rings is 1. The van der Waals surface area contributed by atoms with Crippen LogP contribution in [-0.4, -0.2) is 39.3 Å². The molecule has 0 aliphatic carbocycles. The maximum Gasteiger partial charge on any atom is 0.191 e. The van der Waals surface area contributed by atoms with Crippen LogP contribution < -0.4 is 10.6 Å². The Bertz CT molecular complexity index is 1060. The largest absolute Gasteiger partial charge is 0.356 e. The SMILES string of the molecule is CN=C(NCCc1ccc(-n2cccn2)cc1)NCc1ncc(-c2ccccc2)[nH]1. The van der Waals surface area contributed by atoms with Gasteiger partial charge in [-0.3, -0.25) is 4.99 Å². The van der Waals surface area contributed by atoms with Crippen molar-refractivity contribution in [3.63, 3.8) is 0 Å². The highest BCUT2D eigenvalue weighted by Crippen LogP contribution is 2.15. The van der Waals surface area contributed by atoms with Crippen LogP contribution in [0.25, 0.3) is 16.9 Å². The zero-order chi connectivity index (χ0) is 20.6. The molecule has 0 unspecified atom stereocenters. The molecule has 4 aromatic rings. The molecular formula is C23H25N7. The monoisotopic (exact) mass is 399 g/mol. The molecular weight excluding hydrogens is 374 g/mol. The molecule has 2 heterocycles. The van der Waals surface area contributed by atoms with Gasteiger partial charge in [-0.25, -0.2) is 9.67 Å². The molecule has 3 N–H and O–H groups in total. The van der Waals surface area contributed by atoms with E-state index in [4.69, 9.17) is 0 Å². The molecule has 0 saturated carbocycles. The van der Waals surface area contributed by atoms with Crippen molar-refractivity contribution < 1.29 is 0 Å². The summed E-state index contributed by atoms with van der Waals surface area (Å²) in [6.45, 7) is 1.36. The van der Waals surface area contributed by atoms with Gasteiger partial charge < -0.3 is 15.6 Å². The normalized spacial score (nSPS) is 11.4. The van der Waals surface area contributed by atoms with Crippen LogP contribution in [0.5, 0.6) is 0 Å². The number of nitrogens with zero attached hydrogens (tertiary/aromatic N) is 4. The van der Waals surface area contributed by atoms with Gasteiger partial charge in [-0.15, -0.1) is 0 Å². The number of guanidine groups is 1. The number of H-pyrrole nitrogens is 1. The number of aromatic nitrogens is 4. The second-order valence-corrected chi connectivity index (χ2v) is 6.83. The molecule has 7 heteroatoms. The molecule has 30 heavy (non-hydrogen) atoms. The van der Waals surface area contributed by atoms with Gasteiger partial charge in [-0.2, -0.15) is 5.10 Å². The predicted octanol–water partition coefficient (Wildman–Crippen LogP) is 3.17. The molecule has 0 amide bonds. The lowest BCUT2D eigenvalue weighted by Gasteiger charge is -2.11. The molecule has 0 spiro atoms. The average molecular weight is 400 g/mol. The molecule has 0 radical (unpaired) electrons. The third kappa shape index (κ3) is 4.94. The first-order chi connectivity index (χ1) is 14.8. The molecule has 2 aromatic heterocycles. The van der Waals surface area contributed by atoms with Gasteiger partial charge in [0.05, 0.1) is 24.1 Å². The van der Waals surface area contributed by atoms with Gasteiger partial charge in [0.1, 0.15) is 5.82 Å². The van der Waals surface area contributed by atoms with E-state index in [1.807, 2.05) is 41.3 Å². The van der Waals surface area contributed by atoms with Gasteiger partial charge in [0.25, 0.3) is 0 Å². The fourth-order valence-corrected chi connectivity index (χ4v) is 3.17. The number of hydrogen-bond donors (Lipinski definition) is 3. The summed E-state index contributed by atoms with van der Waals surface area (Å²) in [7, 11) is 1.77. The van der Waals surface area contributed by atoms with Gasteiger partial charge in [-0.1, -0.05) is 42.5 Å². The number of nitrogens with one attached hydrogen (secondary N) is 3. The maximum absolute atomic E-state index is 4.45. The molecule has 0 fully saturated rings. The quantitative estimate of drug-likeness (QED) is 0.329. The number of aromatic amines is 1. The highest BCUT2D eigenvalue weighted by Gasteiger charge is 2.04. The molecule has 0 saturated heterocycles. The number of rotatable bonds is 7. The molecule has 0 aliphatic rings. The maximum atomic E-state index is 4.45. The highest BCUT2D eigenvalue weighted by molar-refractivity contribution is 5.79. The molecule has 0 atom stereocenters. The summed E-state index contributed by atoms with van der Waals surface area (Å²) in [6, 6.07) is 20.5. The minimum absolute atomic E-state index is 0.574. The van der Waals surface area contributed by atoms with Gasteiger partial charge in [0, 0.05) is 26.0 Å². The zero-order valence-electron chi connectivity index (χ0n) is 16.9. The number of hydrogen-bond acceptors (Lipinski definition) is 3. The van der Waals surface area contributed by atoms with Crippen molar-refractivity contribution in [3.8, 4) is 16.9 Å². The van der Waals surface area contributed by atoms with E-state index in [0.29, 0.717) is 6.54 Å². The first kappa shape index (κ1) is 19.4. The van der Waals surface area contributed by atoms with Gasteiger partial charge in [0.2, 0.25) is 0 Å². The lowest BCUT2D eigenvalue weighted by atomic mass is 10.1. The van der Waals surface area contributed by atoms with E-state index in [0.717, 1.165) is 41.7 Å². The Morgan fingerprint density at radius 3 is 2.60 bits per heavy atom. The van der Waals surface area contributed by atoms with E-state index < -0.39 is 0 Å². The van der Waals surface area contributed by atoms with Crippen LogP contribution in [0.1, 0.15) is 11.4 Å². The van der Waals surface area contributed by atoms with Crippen LogP contribution in [0, 0.1) is 0 Å². The fourth-order valence-electron chi connectivity index (χ4n) is 3.17. The van der Waals surface area contributed by atoms with Gasteiger partial charge in [-0.05, 0) is 35.7 Å². The van der Waals surface area contributed by atoms with E-state index >= 15 is 0 Å². The van der Waals surface area contributed by atoms with E-state index in [1.54, 1.807) is 13.2 Å². The molecule has 2 aromatic carbocycles.